The number of benzene rings is 2. The summed E-state index contributed by atoms with van der Waals surface area (Å²) in [6.45, 7) is 0.0550. The fourth-order valence-electron chi connectivity index (χ4n) is 3.46. The van der Waals surface area contributed by atoms with Crippen LogP contribution in [0.4, 0.5) is 21.6 Å². The Labute approximate surface area is 210 Å². The van der Waals surface area contributed by atoms with Crippen LogP contribution >= 0.6 is 22.7 Å². The van der Waals surface area contributed by atoms with Crippen LogP contribution in [0, 0.1) is 0 Å². The van der Waals surface area contributed by atoms with Crippen molar-refractivity contribution in [1.29, 1.82) is 0 Å². The molecule has 11 heteroatoms. The number of aliphatic hydroxyl groups excluding tert-OH is 1. The van der Waals surface area contributed by atoms with Crippen LogP contribution in [-0.4, -0.2) is 33.4 Å². The van der Waals surface area contributed by atoms with Gasteiger partial charge in [-0.15, -0.1) is 22.7 Å². The molecule has 2 heterocycles. The predicted molar refractivity (Wildman–Crippen MR) is 139 cm³/mol. The van der Waals surface area contributed by atoms with Crippen molar-refractivity contribution in [2.24, 2.45) is 0 Å². The van der Waals surface area contributed by atoms with Crippen molar-refractivity contribution in [1.82, 2.24) is 9.97 Å². The zero-order valence-corrected chi connectivity index (χ0v) is 20.3. The highest BCUT2D eigenvalue weighted by atomic mass is 32.1. The molecular formula is C24H24N6O3S2. The number of amides is 2. The molecule has 0 saturated carbocycles. The average molecular weight is 509 g/mol. The molecule has 0 unspecified atom stereocenters. The zero-order valence-electron chi connectivity index (χ0n) is 18.6. The van der Waals surface area contributed by atoms with Gasteiger partial charge in [0.05, 0.1) is 36.9 Å². The molecule has 2 aromatic carbocycles. The van der Waals surface area contributed by atoms with Crippen LogP contribution in [0.5, 0.6) is 0 Å². The second kappa shape index (κ2) is 11.1. The van der Waals surface area contributed by atoms with Crippen LogP contribution in [0.1, 0.15) is 23.1 Å². The predicted octanol–water partition coefficient (Wildman–Crippen LogP) is 3.25. The van der Waals surface area contributed by atoms with Gasteiger partial charge in [-0.1, -0.05) is 30.3 Å². The minimum absolute atomic E-state index is 0.0461. The summed E-state index contributed by atoms with van der Waals surface area (Å²) in [5.74, 6) is -0.459. The molecule has 4 rings (SSSR count). The number of hydrogen-bond acceptors (Lipinski definition) is 9. The van der Waals surface area contributed by atoms with E-state index in [1.807, 2.05) is 30.3 Å². The second-order valence-corrected chi connectivity index (χ2v) is 9.51. The lowest BCUT2D eigenvalue weighted by Gasteiger charge is -2.26. The minimum atomic E-state index is -0.884. The Bertz CT molecular complexity index is 1290. The molecule has 0 aliphatic rings. The maximum atomic E-state index is 13.2. The quantitative estimate of drug-likeness (QED) is 0.271. The number of carbonyl (C=O) groups is 2. The topological polar surface area (TPSA) is 147 Å². The molecule has 35 heavy (non-hydrogen) atoms. The molecule has 0 spiro atoms. The van der Waals surface area contributed by atoms with Crippen LogP contribution in [-0.2, 0) is 22.4 Å². The monoisotopic (exact) mass is 508 g/mol. The number of carbonyl (C=O) groups excluding carboxylic acids is 2. The van der Waals surface area contributed by atoms with Gasteiger partial charge in [-0.3, -0.25) is 9.59 Å². The summed E-state index contributed by atoms with van der Waals surface area (Å²) in [4.78, 5) is 35.3. The smallest absolute Gasteiger partial charge is 0.233 e. The largest absolute Gasteiger partial charge is 0.387 e. The molecule has 0 bridgehead atoms. The molecule has 2 aromatic heterocycles. The van der Waals surface area contributed by atoms with E-state index in [0.717, 1.165) is 0 Å². The number of nitrogens with one attached hydrogen (secondary N) is 1. The van der Waals surface area contributed by atoms with Gasteiger partial charge in [-0.2, -0.15) is 0 Å². The third-order valence-corrected chi connectivity index (χ3v) is 6.56. The molecule has 180 valence electrons. The molecular weight excluding hydrogens is 484 g/mol. The van der Waals surface area contributed by atoms with Gasteiger partial charge in [0, 0.05) is 22.1 Å². The Balaban J connectivity index is 1.49. The van der Waals surface area contributed by atoms with E-state index in [1.165, 1.54) is 27.6 Å². The minimum Gasteiger partial charge on any atom is -0.387 e. The Kier molecular flexibility index (Phi) is 7.70. The van der Waals surface area contributed by atoms with E-state index in [1.54, 1.807) is 35.0 Å². The number of rotatable bonds is 9. The first-order valence-electron chi connectivity index (χ1n) is 10.7. The van der Waals surface area contributed by atoms with Gasteiger partial charge < -0.3 is 26.8 Å². The molecule has 1 atom stereocenters. The highest BCUT2D eigenvalue weighted by Crippen LogP contribution is 2.24. The number of nitrogen functional groups attached to an aromatic ring is 2. The normalized spacial score (nSPS) is 11.7. The molecule has 9 nitrogen and oxygen atoms in total. The van der Waals surface area contributed by atoms with Gasteiger partial charge in [0.2, 0.25) is 11.8 Å². The summed E-state index contributed by atoms with van der Waals surface area (Å²) in [7, 11) is 0. The van der Waals surface area contributed by atoms with E-state index in [4.69, 9.17) is 11.5 Å². The first kappa shape index (κ1) is 24.3. The third kappa shape index (κ3) is 6.63. The first-order valence-corrected chi connectivity index (χ1v) is 12.5. The number of aromatic nitrogens is 2. The number of nitrogens with two attached hydrogens (primary N) is 2. The van der Waals surface area contributed by atoms with E-state index in [-0.39, 0.29) is 31.2 Å². The van der Waals surface area contributed by atoms with Crippen LogP contribution in [0.2, 0.25) is 0 Å². The van der Waals surface area contributed by atoms with Crippen LogP contribution in [0.15, 0.2) is 65.4 Å². The second-order valence-electron chi connectivity index (χ2n) is 7.73. The fraction of sp³-hybridized carbons (Fsp3) is 0.167. The number of thiazole rings is 2. The Morgan fingerprint density at radius 1 is 0.914 bits per heavy atom. The highest BCUT2D eigenvalue weighted by molar-refractivity contribution is 7.13. The van der Waals surface area contributed by atoms with Gasteiger partial charge in [-0.25, -0.2) is 9.97 Å². The van der Waals surface area contributed by atoms with Crippen molar-refractivity contribution in [3.05, 3.63) is 82.3 Å². The third-order valence-electron chi connectivity index (χ3n) is 5.12. The van der Waals surface area contributed by atoms with Gasteiger partial charge in [-0.05, 0) is 29.8 Å². The lowest BCUT2D eigenvalue weighted by Crippen LogP contribution is -2.36. The number of aliphatic hydroxyl groups is 1. The lowest BCUT2D eigenvalue weighted by atomic mass is 10.1. The molecule has 0 aliphatic carbocycles. The summed E-state index contributed by atoms with van der Waals surface area (Å²) >= 11 is 2.55. The molecule has 2 amide bonds. The summed E-state index contributed by atoms with van der Waals surface area (Å²) in [5.41, 5.74) is 14.4. The van der Waals surface area contributed by atoms with Crippen LogP contribution in [0.25, 0.3) is 0 Å². The maximum absolute atomic E-state index is 13.2. The first-order chi connectivity index (χ1) is 16.9. The molecule has 0 radical (unpaired) electrons. The van der Waals surface area contributed by atoms with Crippen molar-refractivity contribution in [2.75, 3.05) is 28.2 Å². The molecule has 4 aromatic rings. The zero-order chi connectivity index (χ0) is 24.8. The van der Waals surface area contributed by atoms with Crippen LogP contribution < -0.4 is 21.7 Å². The van der Waals surface area contributed by atoms with E-state index < -0.39 is 6.10 Å². The highest BCUT2D eigenvalue weighted by Gasteiger charge is 2.22. The standard InChI is InChI=1S/C24H24N6O3S2/c25-23-28-17(13-34-23)10-21(32)27-16-6-8-19(9-7-16)30(12-20(31)15-4-2-1-3-5-15)22(33)11-18-14-35-24(26)29-18/h1-9,13-14,20,31H,10-12H2,(H2,25,28)(H2,26,29)(H,27,32)/t20-/m0/s1. The number of nitrogens with zero attached hydrogens (tertiary/aromatic N) is 3. The van der Waals surface area contributed by atoms with E-state index in [2.05, 4.69) is 15.3 Å². The van der Waals surface area contributed by atoms with Crippen molar-refractivity contribution in [3.63, 3.8) is 0 Å². The number of hydrogen-bond donors (Lipinski definition) is 4. The molecule has 0 aliphatic heterocycles. The van der Waals surface area contributed by atoms with Gasteiger partial charge >= 0.3 is 0 Å². The van der Waals surface area contributed by atoms with Crippen molar-refractivity contribution < 1.29 is 14.7 Å². The Morgan fingerprint density at radius 3 is 2.09 bits per heavy atom. The summed E-state index contributed by atoms with van der Waals surface area (Å²) in [6, 6.07) is 16.0. The van der Waals surface area contributed by atoms with E-state index in [0.29, 0.717) is 38.6 Å². The maximum Gasteiger partial charge on any atom is 0.233 e. The summed E-state index contributed by atoms with van der Waals surface area (Å²) in [6.07, 6.45) is -0.726. The van der Waals surface area contributed by atoms with E-state index in [9.17, 15) is 14.7 Å². The molecule has 6 N–H and O–H groups in total. The lowest BCUT2D eigenvalue weighted by molar-refractivity contribution is -0.118. The van der Waals surface area contributed by atoms with Gasteiger partial charge in [0.1, 0.15) is 0 Å². The van der Waals surface area contributed by atoms with E-state index >= 15 is 0 Å². The Morgan fingerprint density at radius 2 is 1.51 bits per heavy atom. The SMILES string of the molecule is Nc1nc(CC(=O)Nc2ccc(N(C[C@H](O)c3ccccc3)C(=O)Cc3csc(N)n3)cc2)cs1. The molecule has 0 fully saturated rings. The average Bonchev–Trinajstić information content (AvgIpc) is 3.45. The molecule has 0 saturated heterocycles. The van der Waals surface area contributed by atoms with Crippen molar-refractivity contribution in [3.8, 4) is 0 Å². The fourth-order valence-corrected chi connectivity index (χ4v) is 4.58. The summed E-state index contributed by atoms with van der Waals surface area (Å²) < 4.78 is 0. The van der Waals surface area contributed by atoms with Crippen molar-refractivity contribution >= 4 is 56.1 Å². The van der Waals surface area contributed by atoms with Gasteiger partial charge in [0.25, 0.3) is 0 Å². The van der Waals surface area contributed by atoms with Crippen LogP contribution in [0.3, 0.4) is 0 Å². The summed E-state index contributed by atoms with van der Waals surface area (Å²) in [5, 5.41) is 17.9. The van der Waals surface area contributed by atoms with Gasteiger partial charge in [0.15, 0.2) is 10.3 Å². The Hall–Kier alpha value is -3.80. The number of anilines is 4. The van der Waals surface area contributed by atoms with Crippen molar-refractivity contribution in [2.45, 2.75) is 18.9 Å².